The normalized spacial score (nSPS) is 10.3. The topological polar surface area (TPSA) is 18.5 Å². The van der Waals surface area contributed by atoms with E-state index in [-0.39, 0.29) is 0 Å². The summed E-state index contributed by atoms with van der Waals surface area (Å²) < 4.78 is 11.4. The van der Waals surface area contributed by atoms with Crippen LogP contribution in [0, 0.1) is 0 Å². The second-order valence-corrected chi connectivity index (χ2v) is 5.11. The van der Waals surface area contributed by atoms with E-state index in [9.17, 15) is 0 Å². The zero-order chi connectivity index (χ0) is 14.8. The summed E-state index contributed by atoms with van der Waals surface area (Å²) in [6, 6.07) is 18.5. The Morgan fingerprint density at radius 3 is 2.19 bits per heavy atom. The van der Waals surface area contributed by atoms with Crippen LogP contribution >= 0.6 is 0 Å². The van der Waals surface area contributed by atoms with Crippen molar-refractivity contribution in [3.8, 4) is 11.5 Å². The second kappa shape index (κ2) is 9.06. The van der Waals surface area contributed by atoms with Crippen molar-refractivity contribution in [3.63, 3.8) is 0 Å². The van der Waals surface area contributed by atoms with Crippen molar-refractivity contribution >= 4 is 0 Å². The van der Waals surface area contributed by atoms with Crippen LogP contribution in [0.5, 0.6) is 11.5 Å². The first kappa shape index (κ1) is 15.4. The van der Waals surface area contributed by atoms with E-state index in [1.54, 1.807) is 0 Å². The second-order valence-electron chi connectivity index (χ2n) is 5.11. The molecule has 112 valence electrons. The Labute approximate surface area is 127 Å². The van der Waals surface area contributed by atoms with Gasteiger partial charge in [0.15, 0.2) is 0 Å². The fraction of sp³-hybridized carbons (Fsp3) is 0.368. The van der Waals surface area contributed by atoms with Gasteiger partial charge in [-0.25, -0.2) is 0 Å². The molecule has 2 aromatic rings. The maximum absolute atomic E-state index is 5.78. The van der Waals surface area contributed by atoms with E-state index in [1.165, 1.54) is 5.56 Å². The standard InChI is InChI=1S/C19H24O2/c1-2-14-20-18-12-8-13-19(16-18)21-15-7-6-11-17-9-4-3-5-10-17/h3-5,8-10,12-13,16H,2,6-7,11,14-15H2,1H3. The summed E-state index contributed by atoms with van der Waals surface area (Å²) in [5, 5.41) is 0. The van der Waals surface area contributed by atoms with Crippen LogP contribution in [0.2, 0.25) is 0 Å². The highest BCUT2D eigenvalue weighted by Crippen LogP contribution is 2.19. The summed E-state index contributed by atoms with van der Waals surface area (Å²) in [6.07, 6.45) is 4.35. The molecule has 0 N–H and O–H groups in total. The summed E-state index contributed by atoms with van der Waals surface area (Å²) in [7, 11) is 0. The quantitative estimate of drug-likeness (QED) is 0.611. The van der Waals surface area contributed by atoms with Gasteiger partial charge in [-0.1, -0.05) is 43.3 Å². The Bertz CT molecular complexity index is 508. The van der Waals surface area contributed by atoms with Crippen LogP contribution in [0.4, 0.5) is 0 Å². The molecule has 0 saturated carbocycles. The molecule has 2 aromatic carbocycles. The van der Waals surface area contributed by atoms with E-state index in [0.29, 0.717) is 0 Å². The van der Waals surface area contributed by atoms with E-state index >= 15 is 0 Å². The van der Waals surface area contributed by atoms with Gasteiger partial charge in [-0.3, -0.25) is 0 Å². The highest BCUT2D eigenvalue weighted by molar-refractivity contribution is 5.32. The van der Waals surface area contributed by atoms with Crippen LogP contribution in [-0.2, 0) is 6.42 Å². The molecular weight excluding hydrogens is 260 g/mol. The van der Waals surface area contributed by atoms with Gasteiger partial charge >= 0.3 is 0 Å². The minimum atomic E-state index is 0.751. The molecule has 0 fully saturated rings. The van der Waals surface area contributed by atoms with Crippen molar-refractivity contribution < 1.29 is 9.47 Å². The van der Waals surface area contributed by atoms with Gasteiger partial charge in [0.2, 0.25) is 0 Å². The predicted octanol–water partition coefficient (Wildman–Crippen LogP) is 4.88. The molecule has 2 rings (SSSR count). The molecule has 0 aliphatic rings. The molecule has 0 saturated heterocycles. The van der Waals surface area contributed by atoms with Gasteiger partial charge in [-0.05, 0) is 43.4 Å². The molecule has 2 heteroatoms. The number of aryl methyl sites for hydroxylation is 1. The van der Waals surface area contributed by atoms with E-state index < -0.39 is 0 Å². The molecule has 0 spiro atoms. The Kier molecular flexibility index (Phi) is 6.66. The summed E-state index contributed by atoms with van der Waals surface area (Å²) in [5.41, 5.74) is 1.40. The first-order valence-corrected chi connectivity index (χ1v) is 7.78. The third-order valence-electron chi connectivity index (χ3n) is 3.25. The summed E-state index contributed by atoms with van der Waals surface area (Å²) >= 11 is 0. The molecule has 0 aromatic heterocycles. The molecule has 0 aliphatic heterocycles. The Hall–Kier alpha value is -1.96. The first-order valence-electron chi connectivity index (χ1n) is 7.78. The van der Waals surface area contributed by atoms with Crippen LogP contribution < -0.4 is 9.47 Å². The van der Waals surface area contributed by atoms with Crippen molar-refractivity contribution in [2.75, 3.05) is 13.2 Å². The highest BCUT2D eigenvalue weighted by atomic mass is 16.5. The molecule has 0 aliphatic carbocycles. The number of rotatable bonds is 9. The third-order valence-corrected chi connectivity index (χ3v) is 3.25. The van der Waals surface area contributed by atoms with E-state index in [1.807, 2.05) is 24.3 Å². The van der Waals surface area contributed by atoms with Crippen molar-refractivity contribution in [1.82, 2.24) is 0 Å². The van der Waals surface area contributed by atoms with E-state index in [2.05, 4.69) is 37.3 Å². The lowest BCUT2D eigenvalue weighted by Gasteiger charge is -2.09. The van der Waals surface area contributed by atoms with Gasteiger partial charge in [0, 0.05) is 6.07 Å². The molecule has 0 unspecified atom stereocenters. The van der Waals surface area contributed by atoms with Gasteiger partial charge in [0.1, 0.15) is 11.5 Å². The summed E-state index contributed by atoms with van der Waals surface area (Å²) in [5.74, 6) is 1.78. The number of benzene rings is 2. The van der Waals surface area contributed by atoms with Crippen molar-refractivity contribution in [2.45, 2.75) is 32.6 Å². The molecule has 0 amide bonds. The zero-order valence-corrected chi connectivity index (χ0v) is 12.8. The van der Waals surface area contributed by atoms with Gasteiger partial charge in [-0.2, -0.15) is 0 Å². The lowest BCUT2D eigenvalue weighted by atomic mass is 10.1. The fourth-order valence-corrected chi connectivity index (χ4v) is 2.14. The van der Waals surface area contributed by atoms with Crippen LogP contribution in [0.1, 0.15) is 31.7 Å². The molecule has 2 nitrogen and oxygen atoms in total. The first-order chi connectivity index (χ1) is 10.4. The molecule has 0 heterocycles. The van der Waals surface area contributed by atoms with Crippen molar-refractivity contribution in [2.24, 2.45) is 0 Å². The third kappa shape index (κ3) is 5.90. The van der Waals surface area contributed by atoms with Gasteiger partial charge in [-0.15, -0.1) is 0 Å². The number of hydrogen-bond donors (Lipinski definition) is 0. The largest absolute Gasteiger partial charge is 0.493 e. The maximum Gasteiger partial charge on any atom is 0.122 e. The number of ether oxygens (including phenoxy) is 2. The highest BCUT2D eigenvalue weighted by Gasteiger charge is 1.98. The molecule has 0 atom stereocenters. The van der Waals surface area contributed by atoms with Crippen LogP contribution in [0.25, 0.3) is 0 Å². The molecule has 21 heavy (non-hydrogen) atoms. The van der Waals surface area contributed by atoms with Crippen LogP contribution in [0.3, 0.4) is 0 Å². The maximum atomic E-state index is 5.78. The van der Waals surface area contributed by atoms with Gasteiger partial charge < -0.3 is 9.47 Å². The van der Waals surface area contributed by atoms with Crippen molar-refractivity contribution in [3.05, 3.63) is 60.2 Å². The fourth-order valence-electron chi connectivity index (χ4n) is 2.14. The Morgan fingerprint density at radius 2 is 1.48 bits per heavy atom. The van der Waals surface area contributed by atoms with Crippen LogP contribution in [0.15, 0.2) is 54.6 Å². The molecular formula is C19H24O2. The summed E-state index contributed by atoms with van der Waals surface area (Å²) in [6.45, 7) is 3.61. The lowest BCUT2D eigenvalue weighted by Crippen LogP contribution is -1.99. The van der Waals surface area contributed by atoms with Gasteiger partial charge in [0.25, 0.3) is 0 Å². The number of hydrogen-bond acceptors (Lipinski definition) is 2. The zero-order valence-electron chi connectivity index (χ0n) is 12.8. The van der Waals surface area contributed by atoms with E-state index in [4.69, 9.17) is 9.47 Å². The Morgan fingerprint density at radius 1 is 0.762 bits per heavy atom. The minimum Gasteiger partial charge on any atom is -0.493 e. The lowest BCUT2D eigenvalue weighted by molar-refractivity contribution is 0.296. The van der Waals surface area contributed by atoms with Gasteiger partial charge in [0.05, 0.1) is 13.2 Å². The Balaban J connectivity index is 1.66. The average Bonchev–Trinajstić information content (AvgIpc) is 2.54. The monoisotopic (exact) mass is 284 g/mol. The average molecular weight is 284 g/mol. The van der Waals surface area contributed by atoms with Crippen molar-refractivity contribution in [1.29, 1.82) is 0 Å². The van der Waals surface area contributed by atoms with E-state index in [0.717, 1.165) is 50.4 Å². The predicted molar refractivity (Wildman–Crippen MR) is 87.1 cm³/mol. The molecule has 0 bridgehead atoms. The molecule has 0 radical (unpaired) electrons. The van der Waals surface area contributed by atoms with Crippen LogP contribution in [-0.4, -0.2) is 13.2 Å². The summed E-state index contributed by atoms with van der Waals surface area (Å²) in [4.78, 5) is 0. The smallest absolute Gasteiger partial charge is 0.122 e. The minimum absolute atomic E-state index is 0.751. The number of unbranched alkanes of at least 4 members (excludes halogenated alkanes) is 1. The SMILES string of the molecule is CCCOc1cccc(OCCCCc2ccccc2)c1.